The molecule has 0 spiro atoms. The third-order valence-electron chi connectivity index (χ3n) is 2.79. The van der Waals surface area contributed by atoms with E-state index in [0.29, 0.717) is 23.5 Å². The third-order valence-corrected chi connectivity index (χ3v) is 2.79. The molecule has 0 atom stereocenters. The van der Waals surface area contributed by atoms with Gasteiger partial charge in [-0.25, -0.2) is 5.43 Å². The van der Waals surface area contributed by atoms with Crippen molar-refractivity contribution in [2.75, 3.05) is 6.61 Å². The Balaban J connectivity index is 2.06. The molecule has 0 fully saturated rings. The van der Waals surface area contributed by atoms with Crippen LogP contribution in [0.15, 0.2) is 66.3 Å². The number of nitrogens with zero attached hydrogens (tertiary/aromatic N) is 1. The van der Waals surface area contributed by atoms with Crippen molar-refractivity contribution in [1.29, 1.82) is 0 Å². The van der Waals surface area contributed by atoms with Gasteiger partial charge in [-0.3, -0.25) is 4.79 Å². The lowest BCUT2D eigenvalue weighted by molar-refractivity contribution is 0.0951. The van der Waals surface area contributed by atoms with Crippen LogP contribution in [0.25, 0.3) is 0 Å². The summed E-state index contributed by atoms with van der Waals surface area (Å²) >= 11 is 0. The van der Waals surface area contributed by atoms with Gasteiger partial charge in [0.25, 0.3) is 5.91 Å². The lowest BCUT2D eigenvalue weighted by Gasteiger charge is -2.08. The van der Waals surface area contributed by atoms with E-state index in [4.69, 9.17) is 4.74 Å². The lowest BCUT2D eigenvalue weighted by Crippen LogP contribution is -2.18. The molecule has 1 amide bonds. The minimum Gasteiger partial charge on any atom is -0.507 e. The van der Waals surface area contributed by atoms with Crippen molar-refractivity contribution in [3.63, 3.8) is 0 Å². The number of benzene rings is 2. The van der Waals surface area contributed by atoms with Gasteiger partial charge < -0.3 is 9.84 Å². The Morgan fingerprint density at radius 2 is 1.95 bits per heavy atom. The van der Waals surface area contributed by atoms with Crippen LogP contribution in [0, 0.1) is 0 Å². The first-order valence-electron chi connectivity index (χ1n) is 6.66. The molecule has 22 heavy (non-hydrogen) atoms. The number of phenolic OH excluding ortho intramolecular Hbond substituents is 1. The summed E-state index contributed by atoms with van der Waals surface area (Å²) in [6, 6.07) is 13.6. The maximum absolute atomic E-state index is 12.1. The van der Waals surface area contributed by atoms with Gasteiger partial charge in [-0.15, -0.1) is 0 Å². The normalized spacial score (nSPS) is 10.4. The van der Waals surface area contributed by atoms with Crippen LogP contribution in [0.5, 0.6) is 11.5 Å². The van der Waals surface area contributed by atoms with Crippen LogP contribution in [0.1, 0.15) is 15.9 Å². The minimum absolute atomic E-state index is 0.0928. The number of nitrogens with one attached hydrogen (secondary N) is 1. The lowest BCUT2D eigenvalue weighted by atomic mass is 10.2. The van der Waals surface area contributed by atoms with Crippen LogP contribution in [0.4, 0.5) is 0 Å². The zero-order valence-corrected chi connectivity index (χ0v) is 11.9. The molecule has 2 rings (SSSR count). The molecule has 5 nitrogen and oxygen atoms in total. The number of carbonyl (C=O) groups is 1. The number of para-hydroxylation sites is 2. The van der Waals surface area contributed by atoms with Gasteiger partial charge in [0.15, 0.2) is 0 Å². The van der Waals surface area contributed by atoms with Gasteiger partial charge in [-0.1, -0.05) is 36.9 Å². The van der Waals surface area contributed by atoms with Crippen LogP contribution in [0.2, 0.25) is 0 Å². The molecular formula is C17H16N2O3. The molecule has 5 heteroatoms. The Hall–Kier alpha value is -3.08. The number of aromatic hydroxyl groups is 1. The number of rotatable bonds is 6. The quantitative estimate of drug-likeness (QED) is 0.489. The fourth-order valence-electron chi connectivity index (χ4n) is 1.75. The van der Waals surface area contributed by atoms with E-state index in [2.05, 4.69) is 17.1 Å². The standard InChI is InChI=1S/C17H16N2O3/c1-2-11-22-16-10-6-4-8-14(16)17(21)19-18-12-13-7-3-5-9-15(13)20/h2-10,12,20H,1,11H2,(H,19,21)/b18-12+. The number of carbonyl (C=O) groups excluding carboxylic acids is 1. The van der Waals surface area contributed by atoms with Crippen molar-refractivity contribution in [3.05, 3.63) is 72.3 Å². The second kappa shape index (κ2) is 7.64. The Labute approximate surface area is 128 Å². The van der Waals surface area contributed by atoms with Crippen molar-refractivity contribution < 1.29 is 14.6 Å². The molecule has 0 aromatic heterocycles. The summed E-state index contributed by atoms with van der Waals surface area (Å²) in [4.78, 5) is 12.1. The molecule has 2 N–H and O–H groups in total. The molecule has 0 aliphatic rings. The summed E-state index contributed by atoms with van der Waals surface area (Å²) in [5.41, 5.74) is 3.29. The monoisotopic (exact) mass is 296 g/mol. The molecule has 0 bridgehead atoms. The van der Waals surface area contributed by atoms with Crippen molar-refractivity contribution >= 4 is 12.1 Å². The number of hydrazone groups is 1. The zero-order valence-electron chi connectivity index (χ0n) is 11.9. The van der Waals surface area contributed by atoms with Crippen LogP contribution in [-0.4, -0.2) is 23.8 Å². The van der Waals surface area contributed by atoms with Gasteiger partial charge in [0.2, 0.25) is 0 Å². The Kier molecular flexibility index (Phi) is 5.31. The maximum Gasteiger partial charge on any atom is 0.275 e. The topological polar surface area (TPSA) is 70.9 Å². The van der Waals surface area contributed by atoms with E-state index < -0.39 is 5.91 Å². The van der Waals surface area contributed by atoms with E-state index in [1.165, 1.54) is 6.21 Å². The molecule has 2 aromatic carbocycles. The van der Waals surface area contributed by atoms with Crippen LogP contribution in [0.3, 0.4) is 0 Å². The van der Waals surface area contributed by atoms with Crippen LogP contribution >= 0.6 is 0 Å². The summed E-state index contributed by atoms with van der Waals surface area (Å²) < 4.78 is 5.42. The summed E-state index contributed by atoms with van der Waals surface area (Å²) in [5, 5.41) is 13.4. The first kappa shape index (κ1) is 15.3. The van der Waals surface area contributed by atoms with E-state index in [9.17, 15) is 9.90 Å². The fourth-order valence-corrected chi connectivity index (χ4v) is 1.75. The second-order valence-electron chi connectivity index (χ2n) is 4.35. The molecule has 0 radical (unpaired) electrons. The number of amides is 1. The Morgan fingerprint density at radius 3 is 2.73 bits per heavy atom. The predicted octanol–water partition coefficient (Wildman–Crippen LogP) is 2.72. The smallest absolute Gasteiger partial charge is 0.275 e. The summed E-state index contributed by atoms with van der Waals surface area (Å²) in [7, 11) is 0. The van der Waals surface area contributed by atoms with E-state index in [1.807, 2.05) is 0 Å². The van der Waals surface area contributed by atoms with Gasteiger partial charge in [0.1, 0.15) is 18.1 Å². The van der Waals surface area contributed by atoms with Crippen molar-refractivity contribution in [1.82, 2.24) is 5.43 Å². The Morgan fingerprint density at radius 1 is 1.23 bits per heavy atom. The highest BCUT2D eigenvalue weighted by atomic mass is 16.5. The fraction of sp³-hybridized carbons (Fsp3) is 0.0588. The van der Waals surface area contributed by atoms with E-state index in [-0.39, 0.29) is 5.75 Å². The molecule has 0 unspecified atom stereocenters. The highest BCUT2D eigenvalue weighted by Crippen LogP contribution is 2.18. The van der Waals surface area contributed by atoms with E-state index in [1.54, 1.807) is 54.6 Å². The molecule has 0 aliphatic carbocycles. The van der Waals surface area contributed by atoms with Gasteiger partial charge in [-0.2, -0.15) is 5.10 Å². The van der Waals surface area contributed by atoms with Gasteiger partial charge >= 0.3 is 0 Å². The number of ether oxygens (including phenoxy) is 1. The highest BCUT2D eigenvalue weighted by molar-refractivity contribution is 5.97. The molecule has 0 aliphatic heterocycles. The van der Waals surface area contributed by atoms with Crippen LogP contribution in [-0.2, 0) is 0 Å². The SMILES string of the molecule is C=CCOc1ccccc1C(=O)N/N=C/c1ccccc1O. The third kappa shape index (κ3) is 3.96. The molecule has 0 saturated heterocycles. The number of phenols is 1. The first-order valence-corrected chi connectivity index (χ1v) is 6.66. The molecular weight excluding hydrogens is 280 g/mol. The summed E-state index contributed by atoms with van der Waals surface area (Å²) in [5.74, 6) is 0.152. The maximum atomic E-state index is 12.1. The van der Waals surface area contributed by atoms with E-state index >= 15 is 0 Å². The summed E-state index contributed by atoms with van der Waals surface area (Å²) in [6.45, 7) is 3.88. The predicted molar refractivity (Wildman–Crippen MR) is 85.3 cm³/mol. The Bertz CT molecular complexity index is 696. The summed E-state index contributed by atoms with van der Waals surface area (Å²) in [6.07, 6.45) is 2.98. The van der Waals surface area contributed by atoms with Gasteiger partial charge in [0, 0.05) is 5.56 Å². The second-order valence-corrected chi connectivity index (χ2v) is 4.35. The first-order chi connectivity index (χ1) is 10.7. The molecule has 0 saturated carbocycles. The molecule has 112 valence electrons. The van der Waals surface area contributed by atoms with Gasteiger partial charge in [-0.05, 0) is 24.3 Å². The largest absolute Gasteiger partial charge is 0.507 e. The van der Waals surface area contributed by atoms with Crippen LogP contribution < -0.4 is 10.2 Å². The number of hydrogen-bond donors (Lipinski definition) is 2. The minimum atomic E-state index is -0.397. The van der Waals surface area contributed by atoms with Crippen molar-refractivity contribution in [3.8, 4) is 11.5 Å². The zero-order chi connectivity index (χ0) is 15.8. The van der Waals surface area contributed by atoms with Gasteiger partial charge in [0.05, 0.1) is 11.8 Å². The highest BCUT2D eigenvalue weighted by Gasteiger charge is 2.10. The average Bonchev–Trinajstić information content (AvgIpc) is 2.55. The van der Waals surface area contributed by atoms with Crippen molar-refractivity contribution in [2.24, 2.45) is 5.10 Å². The molecule has 0 heterocycles. The van der Waals surface area contributed by atoms with E-state index in [0.717, 1.165) is 0 Å². The number of hydrogen-bond acceptors (Lipinski definition) is 4. The molecule has 2 aromatic rings. The van der Waals surface area contributed by atoms with Crippen molar-refractivity contribution in [2.45, 2.75) is 0 Å². The average molecular weight is 296 g/mol.